The van der Waals surface area contributed by atoms with Crippen molar-refractivity contribution < 1.29 is 19.1 Å². The van der Waals surface area contributed by atoms with Crippen LogP contribution in [0, 0.1) is 12.8 Å². The highest BCUT2D eigenvalue weighted by Crippen LogP contribution is 2.58. The Balaban J connectivity index is 1.55. The maximum atomic E-state index is 14.9. The molecule has 3 aliphatic heterocycles. The molecule has 4 aromatic rings. The van der Waals surface area contributed by atoms with E-state index in [1.165, 1.54) is 0 Å². The van der Waals surface area contributed by atoms with Gasteiger partial charge in [0.2, 0.25) is 5.91 Å². The van der Waals surface area contributed by atoms with Crippen LogP contribution in [0.5, 0.6) is 5.75 Å². The molecule has 6 heteroatoms. The SMILES string of the molecule is COc1cccc(C(=O)[C@H]2[C@@H](C(=O)c3ccc(C)cc3)[C@@]3(C(=O)Nc4ccccc43)[C@H]3C=C(C)c4ccccc4N23)c1. The third-order valence-corrected chi connectivity index (χ3v) is 9.13. The highest BCUT2D eigenvalue weighted by Gasteiger charge is 2.70. The summed E-state index contributed by atoms with van der Waals surface area (Å²) in [4.78, 5) is 46.2. The molecule has 0 aromatic heterocycles. The van der Waals surface area contributed by atoms with Gasteiger partial charge in [-0.1, -0.05) is 84.4 Å². The number of fused-ring (bicyclic) bond motifs is 6. The van der Waals surface area contributed by atoms with Gasteiger partial charge in [0.25, 0.3) is 0 Å². The normalized spacial score (nSPS) is 23.5. The second kappa shape index (κ2) is 9.55. The van der Waals surface area contributed by atoms with Crippen molar-refractivity contribution in [2.24, 2.45) is 5.92 Å². The van der Waals surface area contributed by atoms with Crippen LogP contribution in [-0.2, 0) is 10.2 Å². The van der Waals surface area contributed by atoms with Gasteiger partial charge in [0.05, 0.1) is 19.1 Å². The minimum atomic E-state index is -1.34. The van der Waals surface area contributed by atoms with Crippen LogP contribution in [0.4, 0.5) is 11.4 Å². The van der Waals surface area contributed by atoms with Gasteiger partial charge in [0.15, 0.2) is 11.6 Å². The van der Waals surface area contributed by atoms with E-state index in [2.05, 4.69) is 11.4 Å². The molecule has 1 spiro atoms. The first-order chi connectivity index (χ1) is 20.4. The molecule has 4 atom stereocenters. The van der Waals surface area contributed by atoms with Gasteiger partial charge in [-0.25, -0.2) is 0 Å². The number of carbonyl (C=O) groups is 3. The number of allylic oxidation sites excluding steroid dienone is 1. The Morgan fingerprint density at radius 1 is 0.833 bits per heavy atom. The second-order valence-electron chi connectivity index (χ2n) is 11.3. The molecule has 1 saturated heterocycles. The zero-order valence-corrected chi connectivity index (χ0v) is 23.6. The fourth-order valence-electron chi connectivity index (χ4n) is 7.23. The Morgan fingerprint density at radius 3 is 2.36 bits per heavy atom. The van der Waals surface area contributed by atoms with Gasteiger partial charge >= 0.3 is 0 Å². The van der Waals surface area contributed by atoms with Gasteiger partial charge in [-0.3, -0.25) is 14.4 Å². The third kappa shape index (κ3) is 3.54. The molecule has 1 amide bonds. The number of carbonyl (C=O) groups excluding carboxylic acids is 3. The van der Waals surface area contributed by atoms with E-state index in [0.717, 1.165) is 28.0 Å². The predicted octanol–water partition coefficient (Wildman–Crippen LogP) is 6.25. The Bertz CT molecular complexity index is 1810. The van der Waals surface area contributed by atoms with Gasteiger partial charge in [-0.05, 0) is 49.2 Å². The van der Waals surface area contributed by atoms with Crippen molar-refractivity contribution in [1.29, 1.82) is 0 Å². The number of nitrogens with one attached hydrogen (secondary N) is 1. The molecular formula is C36H30N2O4. The number of aryl methyl sites for hydroxylation is 1. The Hall–Kier alpha value is -4.97. The van der Waals surface area contributed by atoms with Crippen molar-refractivity contribution in [3.05, 3.63) is 131 Å². The van der Waals surface area contributed by atoms with Crippen LogP contribution in [0.25, 0.3) is 5.57 Å². The number of para-hydroxylation sites is 2. The number of Topliss-reactive ketones (excluding diaryl/α,β-unsaturated/α-hetero) is 2. The van der Waals surface area contributed by atoms with E-state index < -0.39 is 23.4 Å². The van der Waals surface area contributed by atoms with E-state index >= 15 is 0 Å². The number of hydrogen-bond donors (Lipinski definition) is 1. The summed E-state index contributed by atoms with van der Waals surface area (Å²) in [5.41, 5.74) is 4.79. The molecular weight excluding hydrogens is 524 g/mol. The van der Waals surface area contributed by atoms with E-state index in [-0.39, 0.29) is 17.5 Å². The molecule has 4 aromatic carbocycles. The summed E-state index contributed by atoms with van der Waals surface area (Å²) in [5, 5.41) is 3.09. The lowest BCUT2D eigenvalue weighted by Gasteiger charge is -2.39. The topological polar surface area (TPSA) is 75.7 Å². The molecule has 7 rings (SSSR count). The van der Waals surface area contributed by atoms with Gasteiger partial charge in [-0.15, -0.1) is 0 Å². The summed E-state index contributed by atoms with van der Waals surface area (Å²) in [5.74, 6) is -1.20. The highest BCUT2D eigenvalue weighted by molar-refractivity contribution is 6.18. The quantitative estimate of drug-likeness (QED) is 0.295. The molecule has 3 heterocycles. The first-order valence-electron chi connectivity index (χ1n) is 14.1. The minimum Gasteiger partial charge on any atom is -0.497 e. The standard InChI is InChI=1S/C36H30N2O4/c1-21-15-17-23(18-16-21)33(39)31-32(34(40)24-9-8-10-25(20-24)42-3)38-29-14-7-4-11-26(29)22(2)19-30(38)36(31)27-12-5-6-13-28(27)37-35(36)41/h4-20,30-32H,1-3H3,(H,37,41)/t30-,31+,32-,36+/m1/s1. The molecule has 42 heavy (non-hydrogen) atoms. The number of anilines is 2. The summed E-state index contributed by atoms with van der Waals surface area (Å²) < 4.78 is 5.45. The molecule has 208 valence electrons. The summed E-state index contributed by atoms with van der Waals surface area (Å²) in [6.45, 7) is 3.99. The lowest BCUT2D eigenvalue weighted by atomic mass is 9.64. The largest absolute Gasteiger partial charge is 0.497 e. The zero-order chi connectivity index (χ0) is 29.2. The van der Waals surface area contributed by atoms with Crippen LogP contribution < -0.4 is 15.0 Å². The van der Waals surface area contributed by atoms with E-state index in [1.807, 2.05) is 79.4 Å². The third-order valence-electron chi connectivity index (χ3n) is 9.13. The number of benzene rings is 4. The molecule has 0 saturated carbocycles. The summed E-state index contributed by atoms with van der Waals surface area (Å²) in [6.07, 6.45) is 2.07. The lowest BCUT2D eigenvalue weighted by Crippen LogP contribution is -2.51. The monoisotopic (exact) mass is 554 g/mol. The molecule has 0 radical (unpaired) electrons. The average molecular weight is 555 g/mol. The maximum Gasteiger partial charge on any atom is 0.238 e. The lowest BCUT2D eigenvalue weighted by molar-refractivity contribution is -0.121. The Labute approximate surface area is 244 Å². The van der Waals surface area contributed by atoms with Crippen LogP contribution in [0.3, 0.4) is 0 Å². The van der Waals surface area contributed by atoms with Crippen molar-refractivity contribution in [2.75, 3.05) is 17.3 Å². The number of amides is 1. The molecule has 1 N–H and O–H groups in total. The van der Waals surface area contributed by atoms with Crippen molar-refractivity contribution in [2.45, 2.75) is 31.3 Å². The number of ketones is 2. The van der Waals surface area contributed by atoms with E-state index in [0.29, 0.717) is 22.6 Å². The van der Waals surface area contributed by atoms with E-state index in [9.17, 15) is 14.4 Å². The number of hydrogen-bond acceptors (Lipinski definition) is 5. The number of methoxy groups -OCH3 is 1. The number of rotatable bonds is 5. The van der Waals surface area contributed by atoms with Gasteiger partial charge in [0, 0.05) is 28.1 Å². The second-order valence-corrected chi connectivity index (χ2v) is 11.3. The number of nitrogens with zero attached hydrogens (tertiary/aromatic N) is 1. The van der Waals surface area contributed by atoms with Gasteiger partial charge in [-0.2, -0.15) is 0 Å². The molecule has 3 aliphatic rings. The van der Waals surface area contributed by atoms with E-state index in [1.54, 1.807) is 43.5 Å². The fraction of sp³-hybridized carbons (Fsp3) is 0.194. The first kappa shape index (κ1) is 26.0. The first-order valence-corrected chi connectivity index (χ1v) is 14.1. The summed E-state index contributed by atoms with van der Waals surface area (Å²) >= 11 is 0. The molecule has 0 bridgehead atoms. The van der Waals surface area contributed by atoms with Crippen LogP contribution >= 0.6 is 0 Å². The van der Waals surface area contributed by atoms with Crippen molar-refractivity contribution in [3.8, 4) is 5.75 Å². The van der Waals surface area contributed by atoms with Crippen molar-refractivity contribution >= 4 is 34.4 Å². The van der Waals surface area contributed by atoms with Crippen LogP contribution in [0.2, 0.25) is 0 Å². The van der Waals surface area contributed by atoms with Crippen LogP contribution in [0.1, 0.15) is 44.3 Å². The summed E-state index contributed by atoms with van der Waals surface area (Å²) in [7, 11) is 1.56. The summed E-state index contributed by atoms with van der Waals surface area (Å²) in [6, 6.07) is 28.3. The number of ether oxygens (including phenoxy) is 1. The van der Waals surface area contributed by atoms with Crippen molar-refractivity contribution in [3.63, 3.8) is 0 Å². The van der Waals surface area contributed by atoms with Gasteiger partial charge in [0.1, 0.15) is 17.2 Å². The maximum absolute atomic E-state index is 14.9. The fourth-order valence-corrected chi connectivity index (χ4v) is 7.23. The average Bonchev–Trinajstić information content (AvgIpc) is 3.49. The smallest absolute Gasteiger partial charge is 0.238 e. The molecule has 1 fully saturated rings. The highest BCUT2D eigenvalue weighted by atomic mass is 16.5. The van der Waals surface area contributed by atoms with E-state index in [4.69, 9.17) is 4.74 Å². The molecule has 0 unspecified atom stereocenters. The van der Waals surface area contributed by atoms with Crippen molar-refractivity contribution in [1.82, 2.24) is 0 Å². The minimum absolute atomic E-state index is 0.235. The Morgan fingerprint density at radius 2 is 1.57 bits per heavy atom. The van der Waals surface area contributed by atoms with Crippen LogP contribution in [0.15, 0.2) is 103 Å². The predicted molar refractivity (Wildman–Crippen MR) is 163 cm³/mol. The molecule has 0 aliphatic carbocycles. The van der Waals surface area contributed by atoms with Gasteiger partial charge < -0.3 is 15.0 Å². The zero-order valence-electron chi connectivity index (χ0n) is 23.6. The molecule has 6 nitrogen and oxygen atoms in total. The Kier molecular flexibility index (Phi) is 5.91. The van der Waals surface area contributed by atoms with Crippen LogP contribution in [-0.4, -0.2) is 36.7 Å².